The van der Waals surface area contributed by atoms with Crippen LogP contribution in [-0.2, 0) is 24.4 Å². The summed E-state index contributed by atoms with van der Waals surface area (Å²) in [6.45, 7) is 3.77. The molecule has 0 saturated carbocycles. The predicted octanol–water partition coefficient (Wildman–Crippen LogP) is 3.70. The van der Waals surface area contributed by atoms with E-state index < -0.39 is 0 Å². The van der Waals surface area contributed by atoms with E-state index in [1.807, 2.05) is 13.0 Å². The number of aliphatic imine (C=N–C) groups is 1. The Morgan fingerprint density at radius 3 is 2.78 bits per heavy atom. The van der Waals surface area contributed by atoms with Gasteiger partial charge >= 0.3 is 0 Å². The second-order valence-corrected chi connectivity index (χ2v) is 5.84. The number of ether oxygens (including phenoxy) is 2. The Labute approximate surface area is 174 Å². The van der Waals surface area contributed by atoms with Gasteiger partial charge in [0.25, 0.3) is 0 Å². The van der Waals surface area contributed by atoms with E-state index in [0.29, 0.717) is 49.1 Å². The lowest BCUT2D eigenvalue weighted by molar-refractivity contribution is -0.0172. The smallest absolute Gasteiger partial charge is 0.191 e. The summed E-state index contributed by atoms with van der Waals surface area (Å²) in [6.07, 6.45) is 0. The Kier molecular flexibility index (Phi) is 8.23. The van der Waals surface area contributed by atoms with Crippen molar-refractivity contribution in [2.45, 2.75) is 26.6 Å². The molecular formula is C19H22F2IN3O2. The van der Waals surface area contributed by atoms with E-state index in [9.17, 15) is 8.78 Å². The molecule has 0 unspecified atom stereocenters. The third kappa shape index (κ3) is 6.03. The molecule has 0 saturated heterocycles. The second kappa shape index (κ2) is 10.4. The zero-order chi connectivity index (χ0) is 18.4. The first-order valence-corrected chi connectivity index (χ1v) is 8.44. The highest BCUT2D eigenvalue weighted by Crippen LogP contribution is 2.29. The average molecular weight is 489 g/mol. The van der Waals surface area contributed by atoms with Gasteiger partial charge in [0.1, 0.15) is 17.4 Å². The lowest BCUT2D eigenvalue weighted by Gasteiger charge is -2.21. The number of guanidine groups is 1. The van der Waals surface area contributed by atoms with Crippen LogP contribution in [0.4, 0.5) is 8.78 Å². The van der Waals surface area contributed by atoms with Gasteiger partial charge in [0, 0.05) is 24.2 Å². The molecule has 2 aromatic rings. The minimum atomic E-state index is -0.337. The summed E-state index contributed by atoms with van der Waals surface area (Å²) in [7, 11) is 0. The van der Waals surface area contributed by atoms with Gasteiger partial charge in [0.15, 0.2) is 12.8 Å². The quantitative estimate of drug-likeness (QED) is 0.382. The van der Waals surface area contributed by atoms with Crippen LogP contribution < -0.4 is 15.4 Å². The van der Waals surface area contributed by atoms with Crippen LogP contribution in [0.1, 0.15) is 23.6 Å². The summed E-state index contributed by atoms with van der Waals surface area (Å²) in [5.41, 5.74) is 2.15. The number of hydrogen-bond acceptors (Lipinski definition) is 3. The standard InChI is InChI=1S/C19H21F2N3O2.HI/c1-2-22-19(23-9-13-4-3-5-16(20)6-13)24-10-14-7-17(21)8-15-11-25-12-26-18(14)15;/h3-8H,2,9-12H2,1H3,(H2,22,23,24);1H. The van der Waals surface area contributed by atoms with E-state index in [1.165, 1.54) is 24.3 Å². The molecule has 0 radical (unpaired) electrons. The van der Waals surface area contributed by atoms with Crippen LogP contribution in [0.25, 0.3) is 0 Å². The molecule has 0 aromatic heterocycles. The number of halogens is 3. The van der Waals surface area contributed by atoms with Crippen molar-refractivity contribution in [1.82, 2.24) is 10.6 Å². The van der Waals surface area contributed by atoms with Crippen LogP contribution in [0.15, 0.2) is 41.4 Å². The van der Waals surface area contributed by atoms with Crippen LogP contribution in [0, 0.1) is 11.6 Å². The minimum Gasteiger partial charge on any atom is -0.467 e. The van der Waals surface area contributed by atoms with E-state index in [4.69, 9.17) is 9.47 Å². The number of fused-ring (bicyclic) bond motifs is 1. The van der Waals surface area contributed by atoms with E-state index in [0.717, 1.165) is 5.56 Å². The number of rotatable bonds is 5. The average Bonchev–Trinajstić information content (AvgIpc) is 2.63. The zero-order valence-electron chi connectivity index (χ0n) is 14.9. The van der Waals surface area contributed by atoms with Gasteiger partial charge in [0.2, 0.25) is 0 Å². The largest absolute Gasteiger partial charge is 0.467 e. The van der Waals surface area contributed by atoms with Crippen molar-refractivity contribution in [1.29, 1.82) is 0 Å². The molecule has 1 aliphatic heterocycles. The Balaban J connectivity index is 0.00000261. The highest BCUT2D eigenvalue weighted by atomic mass is 127. The van der Waals surface area contributed by atoms with Gasteiger partial charge in [-0.15, -0.1) is 24.0 Å². The SMILES string of the molecule is CCNC(=NCc1cccc(F)c1)NCc1cc(F)cc2c1OCOC2.I. The molecule has 0 spiro atoms. The second-order valence-electron chi connectivity index (χ2n) is 5.84. The normalized spacial score (nSPS) is 13.2. The van der Waals surface area contributed by atoms with Crippen LogP contribution in [-0.4, -0.2) is 19.3 Å². The first-order chi connectivity index (χ1) is 12.7. The fourth-order valence-electron chi connectivity index (χ4n) is 2.71. The summed E-state index contributed by atoms with van der Waals surface area (Å²) >= 11 is 0. The summed E-state index contributed by atoms with van der Waals surface area (Å²) in [5, 5.41) is 6.28. The summed E-state index contributed by atoms with van der Waals surface area (Å²) in [4.78, 5) is 4.44. The van der Waals surface area contributed by atoms with E-state index in [-0.39, 0.29) is 42.4 Å². The molecule has 2 aromatic carbocycles. The Hall–Kier alpha value is -1.94. The van der Waals surface area contributed by atoms with Crippen molar-refractivity contribution in [3.63, 3.8) is 0 Å². The molecule has 3 rings (SSSR count). The Morgan fingerprint density at radius 2 is 2.00 bits per heavy atom. The van der Waals surface area contributed by atoms with E-state index in [2.05, 4.69) is 15.6 Å². The first-order valence-electron chi connectivity index (χ1n) is 8.44. The van der Waals surface area contributed by atoms with Crippen LogP contribution in [0.3, 0.4) is 0 Å². The van der Waals surface area contributed by atoms with Crippen molar-refractivity contribution in [3.05, 3.63) is 64.7 Å². The first kappa shape index (κ1) is 21.4. The van der Waals surface area contributed by atoms with E-state index in [1.54, 1.807) is 6.07 Å². The third-order valence-electron chi connectivity index (χ3n) is 3.85. The molecular weight excluding hydrogens is 467 g/mol. The number of nitrogens with zero attached hydrogens (tertiary/aromatic N) is 1. The van der Waals surface area contributed by atoms with Gasteiger partial charge in [-0.2, -0.15) is 0 Å². The van der Waals surface area contributed by atoms with Crippen molar-refractivity contribution < 1.29 is 18.3 Å². The number of benzene rings is 2. The van der Waals surface area contributed by atoms with E-state index >= 15 is 0 Å². The maximum absolute atomic E-state index is 13.8. The molecule has 1 aliphatic rings. The van der Waals surface area contributed by atoms with Crippen LogP contribution >= 0.6 is 24.0 Å². The predicted molar refractivity (Wildman–Crippen MR) is 110 cm³/mol. The molecule has 2 N–H and O–H groups in total. The van der Waals surface area contributed by atoms with Gasteiger partial charge in [0.05, 0.1) is 13.2 Å². The van der Waals surface area contributed by atoms with Gasteiger partial charge in [-0.05, 0) is 36.8 Å². The molecule has 8 heteroatoms. The Bertz CT molecular complexity index is 803. The fourth-order valence-corrected chi connectivity index (χ4v) is 2.71. The maximum atomic E-state index is 13.8. The minimum absolute atomic E-state index is 0. The topological polar surface area (TPSA) is 54.9 Å². The fraction of sp³-hybridized carbons (Fsp3) is 0.316. The van der Waals surface area contributed by atoms with Gasteiger partial charge < -0.3 is 20.1 Å². The van der Waals surface area contributed by atoms with Crippen LogP contribution in [0.2, 0.25) is 0 Å². The highest BCUT2D eigenvalue weighted by molar-refractivity contribution is 14.0. The summed E-state index contributed by atoms with van der Waals surface area (Å²) in [5.74, 6) is 0.575. The van der Waals surface area contributed by atoms with Gasteiger partial charge in [-0.1, -0.05) is 12.1 Å². The lowest BCUT2D eigenvalue weighted by atomic mass is 10.1. The van der Waals surface area contributed by atoms with Gasteiger partial charge in [-0.3, -0.25) is 0 Å². The monoisotopic (exact) mass is 489 g/mol. The molecule has 0 bridgehead atoms. The summed E-state index contributed by atoms with van der Waals surface area (Å²) in [6, 6.07) is 9.16. The Morgan fingerprint density at radius 1 is 1.15 bits per heavy atom. The number of nitrogens with one attached hydrogen (secondary N) is 2. The number of hydrogen-bond donors (Lipinski definition) is 2. The third-order valence-corrected chi connectivity index (χ3v) is 3.85. The molecule has 0 atom stereocenters. The van der Waals surface area contributed by atoms with Crippen molar-refractivity contribution in [2.75, 3.05) is 13.3 Å². The highest BCUT2D eigenvalue weighted by Gasteiger charge is 2.17. The van der Waals surface area contributed by atoms with Crippen molar-refractivity contribution >= 4 is 29.9 Å². The lowest BCUT2D eigenvalue weighted by Crippen LogP contribution is -2.37. The molecule has 0 fully saturated rings. The maximum Gasteiger partial charge on any atom is 0.191 e. The van der Waals surface area contributed by atoms with Gasteiger partial charge in [-0.25, -0.2) is 13.8 Å². The zero-order valence-corrected chi connectivity index (χ0v) is 17.3. The molecule has 0 aliphatic carbocycles. The molecule has 5 nitrogen and oxygen atoms in total. The van der Waals surface area contributed by atoms with Crippen molar-refractivity contribution in [2.24, 2.45) is 4.99 Å². The molecule has 146 valence electrons. The molecule has 0 amide bonds. The molecule has 1 heterocycles. The molecule has 27 heavy (non-hydrogen) atoms. The van der Waals surface area contributed by atoms with Crippen LogP contribution in [0.5, 0.6) is 5.75 Å². The van der Waals surface area contributed by atoms with Crippen molar-refractivity contribution in [3.8, 4) is 5.75 Å². The summed E-state index contributed by atoms with van der Waals surface area (Å²) < 4.78 is 37.8.